The Morgan fingerprint density at radius 2 is 1.85 bits per heavy atom. The molecule has 1 atom stereocenters. The van der Waals surface area contributed by atoms with E-state index in [-0.39, 0.29) is 30.0 Å². The van der Waals surface area contributed by atoms with Gasteiger partial charge in [-0.2, -0.15) is 0 Å². The van der Waals surface area contributed by atoms with Gasteiger partial charge in [0.2, 0.25) is 11.8 Å². The molecule has 0 radical (unpaired) electrons. The minimum Gasteiger partial charge on any atom is -0.406 e. The summed E-state index contributed by atoms with van der Waals surface area (Å²) in [6, 6.07) is 5.33. The van der Waals surface area contributed by atoms with E-state index < -0.39 is 18.0 Å². The molecule has 1 N–H and O–H groups in total. The molecule has 5 nitrogen and oxygen atoms in total. The summed E-state index contributed by atoms with van der Waals surface area (Å²) in [5, 5.41) is 2.60. The van der Waals surface area contributed by atoms with Gasteiger partial charge >= 0.3 is 6.36 Å². The molecule has 1 saturated carbocycles. The van der Waals surface area contributed by atoms with Crippen molar-refractivity contribution >= 4 is 17.5 Å². The topological polar surface area (TPSA) is 58.6 Å². The Balaban J connectivity index is 1.60. The quantitative estimate of drug-likeness (QED) is 0.796. The van der Waals surface area contributed by atoms with Crippen molar-refractivity contribution in [1.29, 1.82) is 0 Å². The van der Waals surface area contributed by atoms with E-state index in [1.807, 2.05) is 4.90 Å². The Hall–Kier alpha value is -2.25. The third kappa shape index (κ3) is 5.37. The number of rotatable bonds is 4. The Bertz CT molecular complexity index is 685. The zero-order chi connectivity index (χ0) is 19.4. The molecule has 3 rings (SSSR count). The summed E-state index contributed by atoms with van der Waals surface area (Å²) in [6.07, 6.45) is 1.83. The number of carbonyl (C=O) groups is 2. The molecule has 1 aromatic carbocycles. The van der Waals surface area contributed by atoms with Crippen LogP contribution in [0.5, 0.6) is 5.75 Å². The Morgan fingerprint density at radius 3 is 2.52 bits per heavy atom. The number of hydrogen-bond acceptors (Lipinski definition) is 3. The average molecular weight is 384 g/mol. The summed E-state index contributed by atoms with van der Waals surface area (Å²) in [7, 11) is 0. The fraction of sp³-hybridized carbons (Fsp3) is 0.579. The Morgan fingerprint density at radius 1 is 1.15 bits per heavy atom. The highest BCUT2D eigenvalue weighted by atomic mass is 19.4. The molecule has 2 fully saturated rings. The lowest BCUT2D eigenvalue weighted by molar-refractivity contribution is -0.274. The summed E-state index contributed by atoms with van der Waals surface area (Å²) < 4.78 is 40.8. The number of nitrogens with one attached hydrogen (secondary N) is 1. The van der Waals surface area contributed by atoms with Gasteiger partial charge in [-0.05, 0) is 25.0 Å². The van der Waals surface area contributed by atoms with Gasteiger partial charge in [-0.1, -0.05) is 31.7 Å². The molecule has 8 heteroatoms. The van der Waals surface area contributed by atoms with E-state index >= 15 is 0 Å². The SMILES string of the molecule is O=C(Nc1cccc(OC(F)(F)F)c1)[C@H]1CC(=O)N(C2CCCCCC2)C1. The molecule has 2 amide bonds. The maximum Gasteiger partial charge on any atom is 0.573 e. The first-order valence-electron chi connectivity index (χ1n) is 9.28. The number of halogens is 3. The van der Waals surface area contributed by atoms with Crippen LogP contribution in [0.25, 0.3) is 0 Å². The van der Waals surface area contributed by atoms with Crippen molar-refractivity contribution in [2.24, 2.45) is 5.92 Å². The minimum absolute atomic E-state index is 0.0174. The lowest BCUT2D eigenvalue weighted by atomic mass is 10.1. The average Bonchev–Trinajstić information content (AvgIpc) is 2.79. The van der Waals surface area contributed by atoms with Crippen molar-refractivity contribution in [2.75, 3.05) is 11.9 Å². The fourth-order valence-electron chi connectivity index (χ4n) is 3.84. The van der Waals surface area contributed by atoms with Crippen molar-refractivity contribution in [3.8, 4) is 5.75 Å². The van der Waals surface area contributed by atoms with Crippen LogP contribution in [0.3, 0.4) is 0 Å². The van der Waals surface area contributed by atoms with Crippen LogP contribution < -0.4 is 10.1 Å². The van der Waals surface area contributed by atoms with Gasteiger partial charge in [0.25, 0.3) is 0 Å². The van der Waals surface area contributed by atoms with Gasteiger partial charge in [0.1, 0.15) is 5.75 Å². The predicted octanol–water partition coefficient (Wildman–Crippen LogP) is 4.10. The van der Waals surface area contributed by atoms with E-state index in [1.165, 1.54) is 25.0 Å². The number of carbonyl (C=O) groups excluding carboxylic acids is 2. The highest BCUT2D eigenvalue weighted by molar-refractivity contribution is 5.97. The van der Waals surface area contributed by atoms with Crippen molar-refractivity contribution in [2.45, 2.75) is 57.3 Å². The molecular weight excluding hydrogens is 361 g/mol. The molecule has 1 heterocycles. The van der Waals surface area contributed by atoms with E-state index in [0.717, 1.165) is 37.8 Å². The summed E-state index contributed by atoms with van der Waals surface area (Å²) >= 11 is 0. The molecule has 0 spiro atoms. The molecule has 1 aliphatic carbocycles. The molecular formula is C19H23F3N2O3. The van der Waals surface area contributed by atoms with Gasteiger partial charge in [-0.15, -0.1) is 13.2 Å². The van der Waals surface area contributed by atoms with Crippen molar-refractivity contribution in [3.63, 3.8) is 0 Å². The summed E-state index contributed by atoms with van der Waals surface area (Å²) in [6.45, 7) is 0.369. The number of nitrogens with zero attached hydrogens (tertiary/aromatic N) is 1. The van der Waals surface area contributed by atoms with Gasteiger partial charge in [-0.25, -0.2) is 0 Å². The predicted molar refractivity (Wildman–Crippen MR) is 93.1 cm³/mol. The second-order valence-electron chi connectivity index (χ2n) is 7.16. The number of hydrogen-bond donors (Lipinski definition) is 1. The van der Waals surface area contributed by atoms with Gasteiger partial charge in [0.15, 0.2) is 0 Å². The summed E-state index contributed by atoms with van der Waals surface area (Å²) in [5.74, 6) is -1.27. The molecule has 0 aromatic heterocycles. The van der Waals surface area contributed by atoms with E-state index in [0.29, 0.717) is 6.54 Å². The number of ether oxygens (including phenoxy) is 1. The van der Waals surface area contributed by atoms with Crippen LogP contribution in [0.1, 0.15) is 44.9 Å². The van der Waals surface area contributed by atoms with Crippen LogP contribution in [0.4, 0.5) is 18.9 Å². The third-order valence-electron chi connectivity index (χ3n) is 5.13. The molecule has 148 valence electrons. The highest BCUT2D eigenvalue weighted by Gasteiger charge is 2.38. The Labute approximate surface area is 155 Å². The maximum atomic E-state index is 12.5. The highest BCUT2D eigenvalue weighted by Crippen LogP contribution is 2.29. The molecule has 0 bridgehead atoms. The fourth-order valence-corrected chi connectivity index (χ4v) is 3.84. The molecule has 1 aliphatic heterocycles. The summed E-state index contributed by atoms with van der Waals surface area (Å²) in [4.78, 5) is 26.7. The van der Waals surface area contributed by atoms with Crippen LogP contribution >= 0.6 is 0 Å². The number of benzene rings is 1. The van der Waals surface area contributed by atoms with E-state index in [2.05, 4.69) is 10.1 Å². The van der Waals surface area contributed by atoms with E-state index in [4.69, 9.17) is 0 Å². The normalized spacial score (nSPS) is 21.8. The minimum atomic E-state index is -4.79. The maximum absolute atomic E-state index is 12.5. The van der Waals surface area contributed by atoms with Crippen molar-refractivity contribution in [1.82, 2.24) is 4.90 Å². The second kappa shape index (κ2) is 8.19. The standard InChI is InChI=1S/C19H23F3N2O3/c20-19(21,22)27-16-9-5-6-14(11-16)23-18(26)13-10-17(25)24(12-13)15-7-3-1-2-4-8-15/h5-6,9,11,13,15H,1-4,7-8,10,12H2,(H,23,26)/t13-/m0/s1. The third-order valence-corrected chi connectivity index (χ3v) is 5.13. The number of anilines is 1. The van der Waals surface area contributed by atoms with Crippen molar-refractivity contribution in [3.05, 3.63) is 24.3 Å². The van der Waals surface area contributed by atoms with Crippen LogP contribution in [0.15, 0.2) is 24.3 Å². The first kappa shape index (κ1) is 19.5. The number of amides is 2. The van der Waals surface area contributed by atoms with Crippen molar-refractivity contribution < 1.29 is 27.5 Å². The number of alkyl halides is 3. The van der Waals surface area contributed by atoms with Gasteiger partial charge < -0.3 is 15.0 Å². The second-order valence-corrected chi connectivity index (χ2v) is 7.16. The largest absolute Gasteiger partial charge is 0.573 e. The molecule has 0 unspecified atom stereocenters. The van der Waals surface area contributed by atoms with Crippen LogP contribution in [0.2, 0.25) is 0 Å². The lowest BCUT2D eigenvalue weighted by Crippen LogP contribution is -2.37. The lowest BCUT2D eigenvalue weighted by Gasteiger charge is -2.27. The van der Waals surface area contributed by atoms with Crippen LogP contribution in [-0.4, -0.2) is 35.7 Å². The first-order chi connectivity index (χ1) is 12.8. The molecule has 1 aromatic rings. The smallest absolute Gasteiger partial charge is 0.406 e. The van der Waals surface area contributed by atoms with Gasteiger partial charge in [-0.3, -0.25) is 9.59 Å². The number of likely N-dealkylation sites (tertiary alicyclic amines) is 1. The zero-order valence-corrected chi connectivity index (χ0v) is 14.9. The van der Waals surface area contributed by atoms with E-state index in [1.54, 1.807) is 0 Å². The van der Waals surface area contributed by atoms with E-state index in [9.17, 15) is 22.8 Å². The van der Waals surface area contributed by atoms with Gasteiger partial charge in [0, 0.05) is 30.8 Å². The zero-order valence-electron chi connectivity index (χ0n) is 14.9. The van der Waals surface area contributed by atoms with Crippen LogP contribution in [-0.2, 0) is 9.59 Å². The molecule has 2 aliphatic rings. The molecule has 27 heavy (non-hydrogen) atoms. The first-order valence-corrected chi connectivity index (χ1v) is 9.28. The monoisotopic (exact) mass is 384 g/mol. The summed E-state index contributed by atoms with van der Waals surface area (Å²) in [5.41, 5.74) is 0.210. The molecule has 1 saturated heterocycles. The Kier molecular flexibility index (Phi) is 5.92. The van der Waals surface area contributed by atoms with Gasteiger partial charge in [0.05, 0.1) is 5.92 Å². The van der Waals surface area contributed by atoms with Crippen LogP contribution in [0, 0.1) is 5.92 Å².